The van der Waals surface area contributed by atoms with Gasteiger partial charge in [-0.15, -0.1) is 0 Å². The van der Waals surface area contributed by atoms with Crippen molar-refractivity contribution in [2.45, 2.75) is 38.3 Å². The molecule has 1 saturated carbocycles. The molecule has 0 atom stereocenters. The summed E-state index contributed by atoms with van der Waals surface area (Å²) in [5.41, 5.74) is 0.825. The maximum Gasteiger partial charge on any atom is 0.407 e. The number of rotatable bonds is 4. The van der Waals surface area contributed by atoms with E-state index in [9.17, 15) is 9.59 Å². The van der Waals surface area contributed by atoms with Crippen LogP contribution in [0.1, 0.15) is 31.2 Å². The molecule has 24 heavy (non-hydrogen) atoms. The van der Waals surface area contributed by atoms with Crippen LogP contribution in [0, 0.1) is 17.4 Å². The molecule has 1 aromatic carbocycles. The summed E-state index contributed by atoms with van der Waals surface area (Å²) in [6.07, 6.45) is 4.06. The average Bonchev–Trinajstić information content (AvgIpc) is 2.59. The van der Waals surface area contributed by atoms with E-state index in [1.54, 1.807) is 18.2 Å². The summed E-state index contributed by atoms with van der Waals surface area (Å²) < 4.78 is 5.19. The van der Waals surface area contributed by atoms with E-state index in [0.717, 1.165) is 10.5 Å². The molecule has 1 fully saturated rings. The zero-order valence-electron chi connectivity index (χ0n) is 13.5. The van der Waals surface area contributed by atoms with Crippen molar-refractivity contribution in [3.8, 4) is 6.19 Å². The number of hydrogen-bond donors (Lipinski definition) is 1. The monoisotopic (exact) mass is 349 g/mol. The van der Waals surface area contributed by atoms with Crippen LogP contribution in [0.3, 0.4) is 0 Å². The van der Waals surface area contributed by atoms with Crippen LogP contribution in [0.4, 0.5) is 4.79 Å². The van der Waals surface area contributed by atoms with Gasteiger partial charge >= 0.3 is 6.09 Å². The first-order chi connectivity index (χ1) is 11.5. The standard InChI is InChI=1S/C17H20ClN3O3/c1-21(11-19)16(22)13-5-7-15(8-6-13)20-17(23)24-10-12-3-2-4-14(18)9-12/h2-4,9,13,15H,5-8,10H2,1H3,(H,20,23)/t13-,15+. The number of carbonyl (C=O) groups excluding carboxylic acids is 2. The highest BCUT2D eigenvalue weighted by atomic mass is 35.5. The lowest BCUT2D eigenvalue weighted by atomic mass is 9.85. The Morgan fingerprint density at radius 1 is 1.38 bits per heavy atom. The topological polar surface area (TPSA) is 82.4 Å². The first-order valence-electron chi connectivity index (χ1n) is 7.84. The lowest BCUT2D eigenvalue weighted by molar-refractivity contribution is -0.132. The molecule has 1 aromatic rings. The summed E-state index contributed by atoms with van der Waals surface area (Å²) in [7, 11) is 1.47. The lowest BCUT2D eigenvalue weighted by Crippen LogP contribution is -2.40. The summed E-state index contributed by atoms with van der Waals surface area (Å²) in [5.74, 6) is -0.297. The molecule has 0 radical (unpaired) electrons. The van der Waals surface area contributed by atoms with Crippen LogP contribution in [0.2, 0.25) is 5.02 Å². The number of carbonyl (C=O) groups is 2. The van der Waals surface area contributed by atoms with Crippen molar-refractivity contribution in [2.75, 3.05) is 7.05 Å². The Hall–Kier alpha value is -2.26. The molecule has 0 spiro atoms. The van der Waals surface area contributed by atoms with Gasteiger partial charge in [0.15, 0.2) is 6.19 Å². The second kappa shape index (κ2) is 8.55. The van der Waals surface area contributed by atoms with E-state index in [0.29, 0.717) is 30.7 Å². The van der Waals surface area contributed by atoms with E-state index >= 15 is 0 Å². The van der Waals surface area contributed by atoms with Gasteiger partial charge in [0.1, 0.15) is 6.61 Å². The number of alkyl carbamates (subject to hydrolysis) is 1. The fraction of sp³-hybridized carbons (Fsp3) is 0.471. The maximum atomic E-state index is 11.9. The number of nitrogens with zero attached hydrogens (tertiary/aromatic N) is 2. The van der Waals surface area contributed by atoms with E-state index in [2.05, 4.69) is 5.32 Å². The third-order valence-corrected chi connectivity index (χ3v) is 4.37. The minimum Gasteiger partial charge on any atom is -0.445 e. The number of benzene rings is 1. The zero-order valence-corrected chi connectivity index (χ0v) is 14.3. The largest absolute Gasteiger partial charge is 0.445 e. The Morgan fingerprint density at radius 2 is 2.08 bits per heavy atom. The van der Waals surface area contributed by atoms with E-state index in [1.807, 2.05) is 12.3 Å². The second-order valence-corrected chi connectivity index (χ2v) is 6.33. The molecule has 2 amide bonds. The maximum absolute atomic E-state index is 11.9. The summed E-state index contributed by atoms with van der Waals surface area (Å²) in [5, 5.41) is 12.2. The summed E-state index contributed by atoms with van der Waals surface area (Å²) in [6.45, 7) is 0.160. The highest BCUT2D eigenvalue weighted by molar-refractivity contribution is 6.30. The Balaban J connectivity index is 1.72. The molecule has 1 N–H and O–H groups in total. The van der Waals surface area contributed by atoms with Crippen LogP contribution in [0.5, 0.6) is 0 Å². The third kappa shape index (κ3) is 5.14. The molecule has 7 heteroatoms. The highest BCUT2D eigenvalue weighted by Crippen LogP contribution is 2.25. The van der Waals surface area contributed by atoms with Gasteiger partial charge < -0.3 is 10.1 Å². The Morgan fingerprint density at radius 3 is 2.71 bits per heavy atom. The second-order valence-electron chi connectivity index (χ2n) is 5.90. The van der Waals surface area contributed by atoms with Gasteiger partial charge in [0.25, 0.3) is 0 Å². The molecule has 0 unspecified atom stereocenters. The third-order valence-electron chi connectivity index (χ3n) is 4.14. The van der Waals surface area contributed by atoms with Crippen molar-refractivity contribution in [2.24, 2.45) is 5.92 Å². The van der Waals surface area contributed by atoms with Crippen molar-refractivity contribution in [1.82, 2.24) is 10.2 Å². The number of ether oxygens (including phenoxy) is 1. The predicted octanol–water partition coefficient (Wildman–Crippen LogP) is 3.06. The Labute approximate surface area is 146 Å². The molecule has 0 aromatic heterocycles. The van der Waals surface area contributed by atoms with E-state index in [-0.39, 0.29) is 24.5 Å². The van der Waals surface area contributed by atoms with Crippen molar-refractivity contribution < 1.29 is 14.3 Å². The van der Waals surface area contributed by atoms with Gasteiger partial charge in [-0.05, 0) is 43.4 Å². The van der Waals surface area contributed by atoms with Gasteiger partial charge in [0, 0.05) is 24.0 Å². The van der Waals surface area contributed by atoms with Crippen LogP contribution in [0.25, 0.3) is 0 Å². The number of halogens is 1. The summed E-state index contributed by atoms with van der Waals surface area (Å²) >= 11 is 5.88. The van der Waals surface area contributed by atoms with E-state index < -0.39 is 6.09 Å². The molecule has 0 bridgehead atoms. The zero-order chi connectivity index (χ0) is 17.5. The van der Waals surface area contributed by atoms with Crippen LogP contribution < -0.4 is 5.32 Å². The van der Waals surface area contributed by atoms with Gasteiger partial charge in [0.05, 0.1) is 0 Å². The molecule has 2 rings (SSSR count). The number of nitriles is 1. The fourth-order valence-corrected chi connectivity index (χ4v) is 3.00. The molecule has 0 heterocycles. The summed E-state index contributed by atoms with van der Waals surface area (Å²) in [6, 6.07) is 7.14. The van der Waals surface area contributed by atoms with Crippen LogP contribution in [0.15, 0.2) is 24.3 Å². The van der Waals surface area contributed by atoms with Gasteiger partial charge in [0.2, 0.25) is 5.91 Å². The minimum atomic E-state index is -0.473. The molecular weight excluding hydrogens is 330 g/mol. The number of nitrogens with one attached hydrogen (secondary N) is 1. The normalized spacial score (nSPS) is 19.9. The lowest BCUT2D eigenvalue weighted by Gasteiger charge is -2.28. The molecular formula is C17H20ClN3O3. The van der Waals surface area contributed by atoms with Gasteiger partial charge in [-0.2, -0.15) is 5.26 Å². The van der Waals surface area contributed by atoms with Crippen molar-refractivity contribution in [1.29, 1.82) is 5.26 Å². The van der Waals surface area contributed by atoms with E-state index in [1.165, 1.54) is 7.05 Å². The Bertz CT molecular complexity index is 636. The SMILES string of the molecule is CN(C#N)C(=O)[C@H]1CC[C@@H](NC(=O)OCc2cccc(Cl)c2)CC1. The highest BCUT2D eigenvalue weighted by Gasteiger charge is 2.29. The molecule has 6 nitrogen and oxygen atoms in total. The number of amides is 2. The molecule has 1 aliphatic rings. The quantitative estimate of drug-likeness (QED) is 0.669. The predicted molar refractivity (Wildman–Crippen MR) is 88.9 cm³/mol. The first-order valence-corrected chi connectivity index (χ1v) is 8.22. The molecule has 128 valence electrons. The molecule has 0 aliphatic heterocycles. The van der Waals surface area contributed by atoms with Gasteiger partial charge in [-0.1, -0.05) is 23.7 Å². The average molecular weight is 350 g/mol. The van der Waals surface area contributed by atoms with Crippen LogP contribution >= 0.6 is 11.6 Å². The first kappa shape index (κ1) is 18.1. The molecule has 0 saturated heterocycles. The van der Waals surface area contributed by atoms with Crippen molar-refractivity contribution >= 4 is 23.6 Å². The summed E-state index contributed by atoms with van der Waals surface area (Å²) in [4.78, 5) is 24.8. The number of hydrogen-bond acceptors (Lipinski definition) is 4. The van der Waals surface area contributed by atoms with Crippen molar-refractivity contribution in [3.63, 3.8) is 0 Å². The Kier molecular flexibility index (Phi) is 6.44. The smallest absolute Gasteiger partial charge is 0.407 e. The van der Waals surface area contributed by atoms with E-state index in [4.69, 9.17) is 21.6 Å². The van der Waals surface area contributed by atoms with Gasteiger partial charge in [-0.25, -0.2) is 4.79 Å². The van der Waals surface area contributed by atoms with Crippen LogP contribution in [-0.4, -0.2) is 30.0 Å². The minimum absolute atomic E-state index is 0.00620. The van der Waals surface area contributed by atoms with Gasteiger partial charge in [-0.3, -0.25) is 9.69 Å². The van der Waals surface area contributed by atoms with Crippen molar-refractivity contribution in [3.05, 3.63) is 34.9 Å². The molecule has 1 aliphatic carbocycles. The van der Waals surface area contributed by atoms with Crippen LogP contribution in [-0.2, 0) is 16.1 Å². The fourth-order valence-electron chi connectivity index (χ4n) is 2.79.